The van der Waals surface area contributed by atoms with Gasteiger partial charge in [0, 0.05) is 5.02 Å². The van der Waals surface area contributed by atoms with E-state index in [9.17, 15) is 4.39 Å². The highest BCUT2D eigenvalue weighted by atomic mass is 35.5. The second-order valence-electron chi connectivity index (χ2n) is 3.95. The minimum absolute atomic E-state index is 0.177. The van der Waals surface area contributed by atoms with E-state index in [1.54, 1.807) is 6.07 Å². The van der Waals surface area contributed by atoms with Crippen LogP contribution in [0.15, 0.2) is 42.6 Å². The smallest absolute Gasteiger partial charge is 0.141 e. The van der Waals surface area contributed by atoms with Crippen molar-refractivity contribution in [1.29, 1.82) is 0 Å². The zero-order valence-electron chi connectivity index (χ0n) is 9.61. The first-order valence-corrected chi connectivity index (χ1v) is 5.89. The summed E-state index contributed by atoms with van der Waals surface area (Å²) >= 11 is 5.92. The minimum Gasteiger partial charge on any atom is -0.271 e. The Morgan fingerprint density at radius 3 is 2.78 bits per heavy atom. The molecule has 0 aliphatic heterocycles. The minimum atomic E-state index is -0.364. The second-order valence-corrected chi connectivity index (χ2v) is 4.39. The SMILES string of the molecule is NNC(Cc1cccc(Cl)c1)c1ccc(F)cn1. The lowest BCUT2D eigenvalue weighted by atomic mass is 10.0. The maximum absolute atomic E-state index is 12.8. The van der Waals surface area contributed by atoms with Gasteiger partial charge in [0.25, 0.3) is 0 Å². The number of nitrogens with zero attached hydrogens (tertiary/aromatic N) is 1. The molecule has 0 aliphatic rings. The third-order valence-corrected chi connectivity index (χ3v) is 2.87. The summed E-state index contributed by atoms with van der Waals surface area (Å²) < 4.78 is 12.8. The maximum Gasteiger partial charge on any atom is 0.141 e. The molecule has 0 saturated carbocycles. The number of hydrazine groups is 1. The molecule has 5 heteroatoms. The molecule has 0 fully saturated rings. The van der Waals surface area contributed by atoms with Gasteiger partial charge in [-0.3, -0.25) is 16.3 Å². The number of aromatic nitrogens is 1. The highest BCUT2D eigenvalue weighted by Gasteiger charge is 2.12. The van der Waals surface area contributed by atoms with E-state index >= 15 is 0 Å². The number of pyridine rings is 1. The first-order chi connectivity index (χ1) is 8.69. The fourth-order valence-electron chi connectivity index (χ4n) is 1.74. The molecule has 1 atom stereocenters. The van der Waals surface area contributed by atoms with Crippen LogP contribution in [0.25, 0.3) is 0 Å². The van der Waals surface area contributed by atoms with Gasteiger partial charge in [0.2, 0.25) is 0 Å². The van der Waals surface area contributed by atoms with Gasteiger partial charge in [-0.05, 0) is 36.2 Å². The highest BCUT2D eigenvalue weighted by molar-refractivity contribution is 6.30. The van der Waals surface area contributed by atoms with E-state index in [1.165, 1.54) is 12.3 Å². The molecule has 1 aromatic heterocycles. The summed E-state index contributed by atoms with van der Waals surface area (Å²) in [6.45, 7) is 0. The number of nitrogens with one attached hydrogen (secondary N) is 1. The molecule has 94 valence electrons. The van der Waals surface area contributed by atoms with Gasteiger partial charge in [-0.15, -0.1) is 0 Å². The summed E-state index contributed by atoms with van der Waals surface area (Å²) in [5.74, 6) is 5.15. The molecule has 0 bridgehead atoms. The van der Waals surface area contributed by atoms with Crippen LogP contribution in [0.4, 0.5) is 4.39 Å². The lowest BCUT2D eigenvalue weighted by Crippen LogP contribution is -2.30. The summed E-state index contributed by atoms with van der Waals surface area (Å²) in [5, 5.41) is 0.676. The van der Waals surface area contributed by atoms with E-state index in [0.29, 0.717) is 17.1 Å². The van der Waals surface area contributed by atoms with Crippen LogP contribution < -0.4 is 11.3 Å². The van der Waals surface area contributed by atoms with Crippen molar-refractivity contribution >= 4 is 11.6 Å². The molecule has 2 aromatic rings. The Hall–Kier alpha value is -1.49. The molecule has 0 aliphatic carbocycles. The van der Waals surface area contributed by atoms with Crippen molar-refractivity contribution < 1.29 is 4.39 Å². The average molecular weight is 266 g/mol. The van der Waals surface area contributed by atoms with Crippen molar-refractivity contribution in [3.63, 3.8) is 0 Å². The van der Waals surface area contributed by atoms with E-state index in [-0.39, 0.29) is 11.9 Å². The topological polar surface area (TPSA) is 50.9 Å². The lowest BCUT2D eigenvalue weighted by Gasteiger charge is -2.15. The zero-order valence-corrected chi connectivity index (χ0v) is 10.4. The number of benzene rings is 1. The van der Waals surface area contributed by atoms with E-state index in [0.717, 1.165) is 5.56 Å². The van der Waals surface area contributed by atoms with Crippen LogP contribution in [0.1, 0.15) is 17.3 Å². The van der Waals surface area contributed by atoms with Gasteiger partial charge < -0.3 is 0 Å². The van der Waals surface area contributed by atoms with Crippen LogP contribution in [-0.4, -0.2) is 4.98 Å². The van der Waals surface area contributed by atoms with Crippen molar-refractivity contribution in [3.8, 4) is 0 Å². The fourth-order valence-corrected chi connectivity index (χ4v) is 1.95. The predicted octanol–water partition coefficient (Wildman–Crippen LogP) is 2.62. The number of halogens is 2. The zero-order chi connectivity index (χ0) is 13.0. The predicted molar refractivity (Wildman–Crippen MR) is 69.4 cm³/mol. The molecule has 18 heavy (non-hydrogen) atoms. The first kappa shape index (κ1) is 13.0. The molecule has 3 nitrogen and oxygen atoms in total. The van der Waals surface area contributed by atoms with Crippen molar-refractivity contribution in [2.24, 2.45) is 5.84 Å². The quantitative estimate of drug-likeness (QED) is 0.660. The maximum atomic E-state index is 12.8. The second kappa shape index (κ2) is 5.91. The Morgan fingerprint density at radius 1 is 1.33 bits per heavy atom. The third kappa shape index (κ3) is 3.26. The van der Waals surface area contributed by atoms with Gasteiger partial charge in [-0.25, -0.2) is 4.39 Å². The normalized spacial score (nSPS) is 12.4. The van der Waals surface area contributed by atoms with Crippen molar-refractivity contribution in [3.05, 3.63) is 64.7 Å². The molecule has 1 heterocycles. The molecule has 0 amide bonds. The number of hydrogen-bond acceptors (Lipinski definition) is 3. The van der Waals surface area contributed by atoms with Crippen molar-refractivity contribution in [1.82, 2.24) is 10.4 Å². The Morgan fingerprint density at radius 2 is 2.17 bits per heavy atom. The molecular weight excluding hydrogens is 253 g/mol. The summed E-state index contributed by atoms with van der Waals surface area (Å²) in [6.07, 6.45) is 1.81. The van der Waals surface area contributed by atoms with Crippen molar-refractivity contribution in [2.45, 2.75) is 12.5 Å². The molecule has 0 spiro atoms. The summed E-state index contributed by atoms with van der Waals surface area (Å²) in [6, 6.07) is 10.3. The van der Waals surface area contributed by atoms with Crippen LogP contribution in [0, 0.1) is 5.82 Å². The first-order valence-electron chi connectivity index (χ1n) is 5.51. The molecule has 1 aromatic carbocycles. The molecule has 1 unspecified atom stereocenters. The Labute approximate surface area is 110 Å². The van der Waals surface area contributed by atoms with Crippen LogP contribution in [0.3, 0.4) is 0 Å². The van der Waals surface area contributed by atoms with Gasteiger partial charge >= 0.3 is 0 Å². The van der Waals surface area contributed by atoms with Gasteiger partial charge in [0.15, 0.2) is 0 Å². The number of rotatable bonds is 4. The van der Waals surface area contributed by atoms with Crippen molar-refractivity contribution in [2.75, 3.05) is 0 Å². The number of nitrogens with two attached hydrogens (primary N) is 1. The highest BCUT2D eigenvalue weighted by Crippen LogP contribution is 2.18. The Bertz CT molecular complexity index is 516. The summed E-state index contributed by atoms with van der Waals surface area (Å²) in [5.41, 5.74) is 4.41. The largest absolute Gasteiger partial charge is 0.271 e. The lowest BCUT2D eigenvalue weighted by molar-refractivity contribution is 0.533. The van der Waals surface area contributed by atoms with Gasteiger partial charge in [0.1, 0.15) is 5.82 Å². The van der Waals surface area contributed by atoms with Crippen LogP contribution in [0.5, 0.6) is 0 Å². The molecule has 0 saturated heterocycles. The molecular formula is C13H13ClFN3. The monoisotopic (exact) mass is 265 g/mol. The fraction of sp³-hybridized carbons (Fsp3) is 0.154. The summed E-state index contributed by atoms with van der Waals surface area (Å²) in [4.78, 5) is 4.02. The number of hydrogen-bond donors (Lipinski definition) is 2. The van der Waals surface area contributed by atoms with Gasteiger partial charge in [0.05, 0.1) is 17.9 Å². The Kier molecular flexibility index (Phi) is 4.25. The molecule has 3 N–H and O–H groups in total. The van der Waals surface area contributed by atoms with E-state index < -0.39 is 0 Å². The summed E-state index contributed by atoms with van der Waals surface area (Å²) in [7, 11) is 0. The van der Waals surface area contributed by atoms with Gasteiger partial charge in [-0.2, -0.15) is 0 Å². The Balaban J connectivity index is 2.17. The van der Waals surface area contributed by atoms with E-state index in [4.69, 9.17) is 17.4 Å². The van der Waals surface area contributed by atoms with Gasteiger partial charge in [-0.1, -0.05) is 23.7 Å². The average Bonchev–Trinajstić information content (AvgIpc) is 2.37. The molecule has 2 rings (SSSR count). The van der Waals surface area contributed by atoms with Crippen LogP contribution in [0.2, 0.25) is 5.02 Å². The third-order valence-electron chi connectivity index (χ3n) is 2.64. The molecule has 0 radical (unpaired) electrons. The van der Waals surface area contributed by atoms with E-state index in [1.807, 2.05) is 24.3 Å². The van der Waals surface area contributed by atoms with Crippen LogP contribution in [-0.2, 0) is 6.42 Å². The van der Waals surface area contributed by atoms with E-state index in [2.05, 4.69) is 10.4 Å². The standard InChI is InChI=1S/C13H13ClFN3/c14-10-3-1-2-9(6-10)7-13(18-16)12-5-4-11(15)8-17-12/h1-6,8,13,18H,7,16H2. The van der Waals surface area contributed by atoms with Crippen LogP contribution >= 0.6 is 11.6 Å².